The van der Waals surface area contributed by atoms with Crippen molar-refractivity contribution in [3.8, 4) is 0 Å². The van der Waals surface area contributed by atoms with E-state index in [2.05, 4.69) is 39.9 Å². The summed E-state index contributed by atoms with van der Waals surface area (Å²) in [6, 6.07) is 0. The lowest BCUT2D eigenvalue weighted by atomic mass is 9.63. The molecule has 2 aromatic rings. The third-order valence-electron chi connectivity index (χ3n) is 6.61. The monoisotopic (exact) mass is 374 g/mol. The molecule has 0 saturated heterocycles. The molecule has 2 heterocycles. The molecule has 5 heteroatoms. The van der Waals surface area contributed by atoms with E-state index in [1.54, 1.807) is 6.33 Å². The van der Waals surface area contributed by atoms with Crippen molar-refractivity contribution in [2.75, 3.05) is 5.73 Å². The summed E-state index contributed by atoms with van der Waals surface area (Å²) in [5.41, 5.74) is 11.1. The Morgan fingerprint density at radius 1 is 1.39 bits per heavy atom. The number of nitrogens with zero attached hydrogens (tertiary/aromatic N) is 3. The highest BCUT2D eigenvalue weighted by Crippen LogP contribution is 2.78. The number of hydrogen-bond acceptors (Lipinski definition) is 3. The number of nitrogen functional groups attached to an aromatic ring is 1. The molecule has 2 aromatic heterocycles. The van der Waals surface area contributed by atoms with E-state index in [-0.39, 0.29) is 0 Å². The van der Waals surface area contributed by atoms with E-state index in [9.17, 15) is 0 Å². The van der Waals surface area contributed by atoms with Crippen LogP contribution in [0.5, 0.6) is 0 Å². The van der Waals surface area contributed by atoms with Gasteiger partial charge in [-0.1, -0.05) is 13.8 Å². The van der Waals surface area contributed by atoms with Crippen molar-refractivity contribution in [2.45, 2.75) is 58.3 Å². The SMILES string of the molecule is CC1(C)CC2(CCc3c(Br)c4c(N)ncnn4c3C3CC3)CC12. The molecule has 0 spiro atoms. The first kappa shape index (κ1) is 14.3. The predicted octanol–water partition coefficient (Wildman–Crippen LogP) is 4.32. The molecule has 3 fully saturated rings. The van der Waals surface area contributed by atoms with E-state index in [0.717, 1.165) is 22.3 Å². The number of anilines is 1. The topological polar surface area (TPSA) is 56.2 Å². The molecule has 3 aliphatic rings. The maximum absolute atomic E-state index is 6.12. The molecular weight excluding hydrogens is 352 g/mol. The lowest BCUT2D eigenvalue weighted by Gasteiger charge is -2.42. The fraction of sp³-hybridized carbons (Fsp3) is 0.667. The van der Waals surface area contributed by atoms with Gasteiger partial charge in [-0.2, -0.15) is 5.10 Å². The average molecular weight is 375 g/mol. The Bertz CT molecular complexity index is 820. The van der Waals surface area contributed by atoms with Crippen LogP contribution in [0.3, 0.4) is 0 Å². The molecule has 2 atom stereocenters. The lowest BCUT2D eigenvalue weighted by Crippen LogP contribution is -2.34. The van der Waals surface area contributed by atoms with Gasteiger partial charge in [-0.25, -0.2) is 9.50 Å². The van der Waals surface area contributed by atoms with Gasteiger partial charge < -0.3 is 5.73 Å². The molecule has 0 radical (unpaired) electrons. The number of halogens is 1. The second kappa shape index (κ2) is 4.29. The molecule has 122 valence electrons. The zero-order valence-corrected chi connectivity index (χ0v) is 15.4. The molecule has 3 saturated carbocycles. The zero-order valence-electron chi connectivity index (χ0n) is 13.8. The first-order valence-electron chi connectivity index (χ1n) is 8.72. The van der Waals surface area contributed by atoms with Gasteiger partial charge in [0.2, 0.25) is 0 Å². The molecular formula is C18H23BrN4. The van der Waals surface area contributed by atoms with Gasteiger partial charge in [0.05, 0.1) is 10.2 Å². The van der Waals surface area contributed by atoms with Gasteiger partial charge in [-0.15, -0.1) is 0 Å². The van der Waals surface area contributed by atoms with Crippen LogP contribution in [-0.4, -0.2) is 14.6 Å². The second-order valence-corrected chi connectivity index (χ2v) is 9.44. The summed E-state index contributed by atoms with van der Waals surface area (Å²) in [5, 5.41) is 4.49. The molecule has 2 unspecified atom stereocenters. The van der Waals surface area contributed by atoms with Crippen molar-refractivity contribution in [3.05, 3.63) is 22.1 Å². The Labute approximate surface area is 145 Å². The molecule has 0 aromatic carbocycles. The Kier molecular flexibility index (Phi) is 2.66. The summed E-state index contributed by atoms with van der Waals surface area (Å²) < 4.78 is 3.18. The van der Waals surface area contributed by atoms with Crippen LogP contribution < -0.4 is 5.73 Å². The normalized spacial score (nSPS) is 31.0. The van der Waals surface area contributed by atoms with Crippen molar-refractivity contribution >= 4 is 27.3 Å². The van der Waals surface area contributed by atoms with Gasteiger partial charge in [0, 0.05) is 5.92 Å². The Morgan fingerprint density at radius 3 is 2.78 bits per heavy atom. The van der Waals surface area contributed by atoms with Crippen LogP contribution >= 0.6 is 15.9 Å². The smallest absolute Gasteiger partial charge is 0.152 e. The summed E-state index contributed by atoms with van der Waals surface area (Å²) in [4.78, 5) is 4.18. The van der Waals surface area contributed by atoms with Gasteiger partial charge in [0.1, 0.15) is 11.8 Å². The minimum atomic E-state index is 0.576. The summed E-state index contributed by atoms with van der Waals surface area (Å²) in [6.45, 7) is 4.86. The van der Waals surface area contributed by atoms with Crippen LogP contribution in [0.2, 0.25) is 0 Å². The van der Waals surface area contributed by atoms with Gasteiger partial charge in [-0.05, 0) is 76.8 Å². The predicted molar refractivity (Wildman–Crippen MR) is 94.3 cm³/mol. The van der Waals surface area contributed by atoms with E-state index < -0.39 is 0 Å². The molecule has 0 aliphatic heterocycles. The van der Waals surface area contributed by atoms with Crippen LogP contribution in [0.15, 0.2) is 10.8 Å². The van der Waals surface area contributed by atoms with Crippen LogP contribution in [0.25, 0.3) is 5.52 Å². The minimum Gasteiger partial charge on any atom is -0.382 e. The first-order valence-corrected chi connectivity index (χ1v) is 9.52. The van der Waals surface area contributed by atoms with Crippen LogP contribution in [0, 0.1) is 16.7 Å². The molecule has 4 nitrogen and oxygen atoms in total. The zero-order chi connectivity index (χ0) is 16.0. The summed E-state index contributed by atoms with van der Waals surface area (Å²) in [6.07, 6.45) is 9.41. The largest absolute Gasteiger partial charge is 0.382 e. The summed E-state index contributed by atoms with van der Waals surface area (Å²) in [5.74, 6) is 2.19. The quantitative estimate of drug-likeness (QED) is 0.866. The van der Waals surface area contributed by atoms with Crippen molar-refractivity contribution in [1.29, 1.82) is 0 Å². The third kappa shape index (κ3) is 1.89. The molecule has 0 bridgehead atoms. The highest BCUT2D eigenvalue weighted by Gasteiger charge is 2.69. The van der Waals surface area contributed by atoms with Gasteiger partial charge in [-0.3, -0.25) is 0 Å². The lowest BCUT2D eigenvalue weighted by molar-refractivity contribution is 0.0776. The molecule has 2 N–H and O–H groups in total. The Balaban J connectivity index is 1.50. The van der Waals surface area contributed by atoms with Crippen molar-refractivity contribution < 1.29 is 0 Å². The Morgan fingerprint density at radius 2 is 2.17 bits per heavy atom. The third-order valence-corrected chi connectivity index (χ3v) is 7.46. The van der Waals surface area contributed by atoms with Crippen molar-refractivity contribution in [2.24, 2.45) is 16.7 Å². The van der Waals surface area contributed by atoms with E-state index in [4.69, 9.17) is 5.73 Å². The van der Waals surface area contributed by atoms with E-state index >= 15 is 0 Å². The fourth-order valence-electron chi connectivity index (χ4n) is 5.44. The molecule has 23 heavy (non-hydrogen) atoms. The minimum absolute atomic E-state index is 0.576. The number of fused-ring (bicyclic) bond motifs is 2. The molecule has 0 amide bonds. The number of nitrogens with two attached hydrogens (primary N) is 1. The van der Waals surface area contributed by atoms with Crippen LogP contribution in [0.1, 0.15) is 63.1 Å². The first-order chi connectivity index (χ1) is 10.9. The number of aromatic nitrogens is 3. The van der Waals surface area contributed by atoms with Crippen LogP contribution in [-0.2, 0) is 6.42 Å². The van der Waals surface area contributed by atoms with E-state index in [1.165, 1.54) is 43.4 Å². The standard InChI is InChI=1S/C18H23BrN4/c1-17(2)8-18(7-12(17)18)6-5-11-13(19)15-16(20)21-9-22-23(15)14(11)10-3-4-10/h9-10,12H,3-8H2,1-2H3,(H2,20,21,22). The molecule has 5 rings (SSSR count). The highest BCUT2D eigenvalue weighted by molar-refractivity contribution is 9.10. The summed E-state index contributed by atoms with van der Waals surface area (Å²) in [7, 11) is 0. The van der Waals surface area contributed by atoms with Crippen molar-refractivity contribution in [1.82, 2.24) is 14.6 Å². The maximum Gasteiger partial charge on any atom is 0.152 e. The average Bonchev–Trinajstić information content (AvgIpc) is 3.38. The van der Waals surface area contributed by atoms with Gasteiger partial charge in [0.15, 0.2) is 5.82 Å². The van der Waals surface area contributed by atoms with Crippen molar-refractivity contribution in [3.63, 3.8) is 0 Å². The highest BCUT2D eigenvalue weighted by atomic mass is 79.9. The Hall–Kier alpha value is -1.10. The van der Waals surface area contributed by atoms with E-state index in [1.807, 2.05) is 4.52 Å². The van der Waals surface area contributed by atoms with Crippen LogP contribution in [0.4, 0.5) is 5.82 Å². The summed E-state index contributed by atoms with van der Waals surface area (Å²) >= 11 is 3.81. The molecule has 3 aliphatic carbocycles. The van der Waals surface area contributed by atoms with Gasteiger partial charge >= 0.3 is 0 Å². The van der Waals surface area contributed by atoms with E-state index in [0.29, 0.717) is 22.6 Å². The number of hydrogen-bond donors (Lipinski definition) is 1. The van der Waals surface area contributed by atoms with Gasteiger partial charge in [0.25, 0.3) is 0 Å². The fourth-order valence-corrected chi connectivity index (χ4v) is 6.21. The maximum atomic E-state index is 6.12. The number of rotatable bonds is 4. The second-order valence-electron chi connectivity index (χ2n) is 8.64.